The van der Waals surface area contributed by atoms with Crippen LogP contribution in [0.4, 0.5) is 0 Å². The standard InChI is InChI=1S/C15H20N2O5/c1-21-10-8-16(11-12-3-2-9-22-12)13(18)6-7-17-14(19)4-5-15(17)20/h2-3,9H,4-8,10-11H2,1H3. The van der Waals surface area contributed by atoms with Crippen LogP contribution in [-0.4, -0.2) is 54.3 Å². The fraction of sp³-hybridized carbons (Fsp3) is 0.533. The van der Waals surface area contributed by atoms with Gasteiger partial charge in [-0.2, -0.15) is 0 Å². The van der Waals surface area contributed by atoms with Crippen LogP contribution in [0.5, 0.6) is 0 Å². The molecule has 0 unspecified atom stereocenters. The lowest BCUT2D eigenvalue weighted by Crippen LogP contribution is -2.37. The van der Waals surface area contributed by atoms with Crippen molar-refractivity contribution in [2.75, 3.05) is 26.8 Å². The molecule has 0 N–H and O–H groups in total. The molecule has 1 aliphatic rings. The number of hydrogen-bond acceptors (Lipinski definition) is 5. The lowest BCUT2D eigenvalue weighted by molar-refractivity contribution is -0.139. The Morgan fingerprint density at radius 1 is 1.36 bits per heavy atom. The molecule has 1 aromatic rings. The van der Waals surface area contributed by atoms with E-state index in [2.05, 4.69) is 0 Å². The van der Waals surface area contributed by atoms with E-state index in [0.717, 1.165) is 0 Å². The average molecular weight is 308 g/mol. The van der Waals surface area contributed by atoms with E-state index in [4.69, 9.17) is 9.15 Å². The Morgan fingerprint density at radius 3 is 2.68 bits per heavy atom. The van der Waals surface area contributed by atoms with Crippen molar-refractivity contribution in [3.8, 4) is 0 Å². The average Bonchev–Trinajstić information content (AvgIpc) is 3.12. The Morgan fingerprint density at radius 2 is 2.09 bits per heavy atom. The highest BCUT2D eigenvalue weighted by molar-refractivity contribution is 6.02. The number of rotatable bonds is 8. The molecule has 7 nitrogen and oxygen atoms in total. The minimum absolute atomic E-state index is 0.113. The molecule has 2 heterocycles. The number of ether oxygens (including phenoxy) is 1. The molecule has 1 fully saturated rings. The number of nitrogens with zero attached hydrogens (tertiary/aromatic N) is 2. The van der Waals surface area contributed by atoms with Gasteiger partial charge in [0, 0.05) is 39.5 Å². The SMILES string of the molecule is COCCN(Cc1ccco1)C(=O)CCN1C(=O)CCC1=O. The van der Waals surface area contributed by atoms with E-state index in [0.29, 0.717) is 25.5 Å². The topological polar surface area (TPSA) is 80.1 Å². The predicted molar refractivity (Wildman–Crippen MR) is 76.6 cm³/mol. The molecule has 0 aromatic carbocycles. The second kappa shape index (κ2) is 7.74. The minimum Gasteiger partial charge on any atom is -0.467 e. The highest BCUT2D eigenvalue weighted by Gasteiger charge is 2.29. The molecular formula is C15H20N2O5. The fourth-order valence-corrected chi connectivity index (χ4v) is 2.32. The van der Waals surface area contributed by atoms with Crippen LogP contribution in [0, 0.1) is 0 Å². The number of hydrogen-bond donors (Lipinski definition) is 0. The van der Waals surface area contributed by atoms with E-state index < -0.39 is 0 Å². The summed E-state index contributed by atoms with van der Waals surface area (Å²) in [4.78, 5) is 38.2. The fourth-order valence-electron chi connectivity index (χ4n) is 2.32. The van der Waals surface area contributed by atoms with E-state index in [1.807, 2.05) is 0 Å². The van der Waals surface area contributed by atoms with Crippen molar-refractivity contribution in [2.45, 2.75) is 25.8 Å². The maximum absolute atomic E-state index is 12.3. The van der Waals surface area contributed by atoms with Crippen LogP contribution in [0.2, 0.25) is 0 Å². The molecule has 120 valence electrons. The van der Waals surface area contributed by atoms with Crippen LogP contribution >= 0.6 is 0 Å². The van der Waals surface area contributed by atoms with Gasteiger partial charge in [-0.05, 0) is 12.1 Å². The van der Waals surface area contributed by atoms with Crippen molar-refractivity contribution in [2.24, 2.45) is 0 Å². The maximum Gasteiger partial charge on any atom is 0.229 e. The van der Waals surface area contributed by atoms with Crippen LogP contribution < -0.4 is 0 Å². The first kappa shape index (κ1) is 16.2. The Bertz CT molecular complexity index is 510. The third-order valence-electron chi connectivity index (χ3n) is 3.55. The number of methoxy groups -OCH3 is 1. The van der Waals surface area contributed by atoms with Crippen LogP contribution in [0.25, 0.3) is 0 Å². The molecule has 1 aromatic heterocycles. The van der Waals surface area contributed by atoms with Crippen molar-refractivity contribution in [3.63, 3.8) is 0 Å². The van der Waals surface area contributed by atoms with Gasteiger partial charge in [-0.25, -0.2) is 0 Å². The van der Waals surface area contributed by atoms with Crippen LogP contribution in [0.1, 0.15) is 25.0 Å². The molecule has 0 spiro atoms. The molecule has 0 bridgehead atoms. The molecule has 1 aliphatic heterocycles. The second-order valence-electron chi connectivity index (χ2n) is 5.08. The monoisotopic (exact) mass is 308 g/mol. The number of carbonyl (C=O) groups is 3. The van der Waals surface area contributed by atoms with Crippen molar-refractivity contribution in [3.05, 3.63) is 24.2 Å². The number of carbonyl (C=O) groups excluding carboxylic acids is 3. The third kappa shape index (κ3) is 4.17. The van der Waals surface area contributed by atoms with Crippen molar-refractivity contribution in [1.82, 2.24) is 9.80 Å². The van der Waals surface area contributed by atoms with Crippen LogP contribution in [0.15, 0.2) is 22.8 Å². The van der Waals surface area contributed by atoms with Crippen molar-refractivity contribution < 1.29 is 23.5 Å². The summed E-state index contributed by atoms with van der Waals surface area (Å²) in [5, 5.41) is 0. The smallest absolute Gasteiger partial charge is 0.229 e. The Hall–Kier alpha value is -2.15. The van der Waals surface area contributed by atoms with Gasteiger partial charge >= 0.3 is 0 Å². The summed E-state index contributed by atoms with van der Waals surface area (Å²) in [6, 6.07) is 3.55. The molecule has 7 heteroatoms. The van der Waals surface area contributed by atoms with Gasteiger partial charge in [0.05, 0.1) is 19.4 Å². The molecule has 0 saturated carbocycles. The van der Waals surface area contributed by atoms with Gasteiger partial charge in [0.1, 0.15) is 5.76 Å². The van der Waals surface area contributed by atoms with Gasteiger partial charge in [0.25, 0.3) is 0 Å². The summed E-state index contributed by atoms with van der Waals surface area (Å²) in [6.07, 6.45) is 2.15. The summed E-state index contributed by atoms with van der Waals surface area (Å²) < 4.78 is 10.3. The summed E-state index contributed by atoms with van der Waals surface area (Å²) in [7, 11) is 1.57. The van der Waals surface area contributed by atoms with Gasteiger partial charge in [0.2, 0.25) is 17.7 Å². The highest BCUT2D eigenvalue weighted by Crippen LogP contribution is 2.13. The van der Waals surface area contributed by atoms with Gasteiger partial charge in [-0.3, -0.25) is 19.3 Å². The number of imide groups is 1. The maximum atomic E-state index is 12.3. The number of furan rings is 1. The molecule has 3 amide bonds. The lowest BCUT2D eigenvalue weighted by Gasteiger charge is -2.22. The van der Waals surface area contributed by atoms with Gasteiger partial charge < -0.3 is 14.1 Å². The van der Waals surface area contributed by atoms with E-state index in [1.54, 1.807) is 30.4 Å². The zero-order valence-corrected chi connectivity index (χ0v) is 12.6. The lowest BCUT2D eigenvalue weighted by atomic mass is 10.3. The Kier molecular flexibility index (Phi) is 5.71. The normalized spacial score (nSPS) is 14.7. The van der Waals surface area contributed by atoms with Crippen molar-refractivity contribution >= 4 is 17.7 Å². The van der Waals surface area contributed by atoms with Gasteiger partial charge in [-0.15, -0.1) is 0 Å². The van der Waals surface area contributed by atoms with E-state index in [9.17, 15) is 14.4 Å². The summed E-state index contributed by atoms with van der Waals surface area (Å²) in [5.74, 6) is 0.137. The minimum atomic E-state index is -0.202. The number of amides is 3. The van der Waals surface area contributed by atoms with Gasteiger partial charge in [0.15, 0.2) is 0 Å². The van der Waals surface area contributed by atoms with Crippen LogP contribution in [-0.2, 0) is 25.7 Å². The first-order chi connectivity index (χ1) is 10.6. The molecule has 2 rings (SSSR count). The van der Waals surface area contributed by atoms with E-state index in [1.165, 1.54) is 4.90 Å². The largest absolute Gasteiger partial charge is 0.467 e. The predicted octanol–water partition coefficient (Wildman–Crippen LogP) is 0.794. The van der Waals surface area contributed by atoms with Crippen LogP contribution in [0.3, 0.4) is 0 Å². The zero-order valence-electron chi connectivity index (χ0n) is 12.6. The van der Waals surface area contributed by atoms with Gasteiger partial charge in [-0.1, -0.05) is 0 Å². The summed E-state index contributed by atoms with van der Waals surface area (Å²) in [6.45, 7) is 1.32. The first-order valence-corrected chi connectivity index (χ1v) is 7.24. The quantitative estimate of drug-likeness (QED) is 0.663. The summed E-state index contributed by atoms with van der Waals surface area (Å²) >= 11 is 0. The highest BCUT2D eigenvalue weighted by atomic mass is 16.5. The van der Waals surface area contributed by atoms with E-state index in [-0.39, 0.29) is 43.5 Å². The molecule has 0 atom stereocenters. The Labute approximate surface area is 128 Å². The van der Waals surface area contributed by atoms with E-state index >= 15 is 0 Å². The first-order valence-electron chi connectivity index (χ1n) is 7.24. The number of likely N-dealkylation sites (tertiary alicyclic amines) is 1. The molecule has 0 radical (unpaired) electrons. The second-order valence-corrected chi connectivity index (χ2v) is 5.08. The molecular weight excluding hydrogens is 288 g/mol. The summed E-state index contributed by atoms with van der Waals surface area (Å²) in [5.41, 5.74) is 0. The zero-order chi connectivity index (χ0) is 15.9. The molecule has 0 aliphatic carbocycles. The molecule has 1 saturated heterocycles. The Balaban J connectivity index is 1.90. The molecule has 22 heavy (non-hydrogen) atoms. The van der Waals surface area contributed by atoms with Crippen molar-refractivity contribution in [1.29, 1.82) is 0 Å². The third-order valence-corrected chi connectivity index (χ3v) is 3.55.